The molecule has 0 atom stereocenters. The molecule has 14 heavy (non-hydrogen) atoms. The lowest BCUT2D eigenvalue weighted by atomic mass is 10.2. The van der Waals surface area contributed by atoms with Crippen LogP contribution in [-0.2, 0) is 4.79 Å². The topological polar surface area (TPSA) is 55.1 Å². The molecular weight excluding hydrogens is 180 g/mol. The van der Waals surface area contributed by atoms with Crippen LogP contribution in [0.2, 0.25) is 0 Å². The van der Waals surface area contributed by atoms with E-state index in [0.717, 1.165) is 5.69 Å². The van der Waals surface area contributed by atoms with Crippen molar-refractivity contribution in [1.82, 2.24) is 9.55 Å². The Bertz CT molecular complexity index is 364. The average Bonchev–Trinajstić information content (AvgIpc) is 2.52. The first-order chi connectivity index (χ1) is 6.52. The molecule has 1 rings (SSSR count). The zero-order valence-electron chi connectivity index (χ0n) is 8.56. The highest BCUT2D eigenvalue weighted by Crippen LogP contribution is 2.12. The molecule has 0 aliphatic heterocycles. The fourth-order valence-electron chi connectivity index (χ4n) is 1.14. The van der Waals surface area contributed by atoms with Gasteiger partial charge >= 0.3 is 5.97 Å². The van der Waals surface area contributed by atoms with Crippen molar-refractivity contribution in [3.8, 4) is 0 Å². The van der Waals surface area contributed by atoms with Crippen LogP contribution in [-0.4, -0.2) is 20.6 Å². The van der Waals surface area contributed by atoms with E-state index in [1.807, 2.05) is 18.4 Å². The Balaban J connectivity index is 3.02. The van der Waals surface area contributed by atoms with Gasteiger partial charge in [0.05, 0.1) is 18.2 Å². The summed E-state index contributed by atoms with van der Waals surface area (Å²) in [6.45, 7) is 5.62. The van der Waals surface area contributed by atoms with Crippen molar-refractivity contribution in [2.75, 3.05) is 0 Å². The summed E-state index contributed by atoms with van der Waals surface area (Å²) in [6.07, 6.45) is 4.98. The number of imidazole rings is 1. The molecule has 0 fully saturated rings. The van der Waals surface area contributed by atoms with Gasteiger partial charge in [-0.25, -0.2) is 9.78 Å². The average molecular weight is 194 g/mol. The summed E-state index contributed by atoms with van der Waals surface area (Å²) in [7, 11) is 0. The second-order valence-electron chi connectivity index (χ2n) is 3.45. The van der Waals surface area contributed by atoms with Gasteiger partial charge in [0.15, 0.2) is 0 Å². The molecule has 1 N–H and O–H groups in total. The number of nitrogens with zero attached hydrogens (tertiary/aromatic N) is 2. The Morgan fingerprint density at radius 3 is 2.79 bits per heavy atom. The van der Waals surface area contributed by atoms with Gasteiger partial charge < -0.3 is 9.67 Å². The fourth-order valence-corrected chi connectivity index (χ4v) is 1.14. The number of carbonyl (C=O) groups is 1. The summed E-state index contributed by atoms with van der Waals surface area (Å²) in [5.41, 5.74) is 1.13. The Morgan fingerprint density at radius 2 is 2.29 bits per heavy atom. The van der Waals surface area contributed by atoms with Gasteiger partial charge in [0.1, 0.15) is 0 Å². The molecule has 0 saturated carbocycles. The molecule has 0 aliphatic rings. The Hall–Kier alpha value is -1.58. The molecule has 4 heteroatoms. The number of rotatable bonds is 3. The van der Waals surface area contributed by atoms with Crippen molar-refractivity contribution in [3.63, 3.8) is 0 Å². The maximum absolute atomic E-state index is 10.6. The highest BCUT2D eigenvalue weighted by Gasteiger charge is 2.05. The molecular formula is C10H14N2O2. The van der Waals surface area contributed by atoms with Crippen LogP contribution in [0, 0.1) is 0 Å². The molecule has 0 unspecified atom stereocenters. The first-order valence-corrected chi connectivity index (χ1v) is 4.45. The number of carboxylic acid groups (broad SMARTS) is 1. The third-order valence-electron chi connectivity index (χ3n) is 1.95. The van der Waals surface area contributed by atoms with E-state index in [2.05, 4.69) is 4.98 Å². The standard InChI is InChI=1S/C10H14N2O2/c1-7(2)12-6-11-5-9(12)4-8(3)10(13)14/h4-7H,1-3H3,(H,13,14)/b8-4-. The zero-order chi connectivity index (χ0) is 10.7. The van der Waals surface area contributed by atoms with Crippen molar-refractivity contribution < 1.29 is 9.90 Å². The van der Waals surface area contributed by atoms with Crippen LogP contribution in [0.25, 0.3) is 6.08 Å². The van der Waals surface area contributed by atoms with Crippen LogP contribution in [0.3, 0.4) is 0 Å². The third kappa shape index (κ3) is 2.22. The van der Waals surface area contributed by atoms with Crippen molar-refractivity contribution in [2.45, 2.75) is 26.8 Å². The SMILES string of the molecule is C/C(=C/c1cncn1C(C)C)C(=O)O. The van der Waals surface area contributed by atoms with Crippen molar-refractivity contribution in [3.05, 3.63) is 23.8 Å². The first-order valence-electron chi connectivity index (χ1n) is 4.45. The molecule has 1 aromatic heterocycles. The molecule has 4 nitrogen and oxygen atoms in total. The van der Waals surface area contributed by atoms with Crippen LogP contribution in [0.5, 0.6) is 0 Å². The molecule has 0 radical (unpaired) electrons. The highest BCUT2D eigenvalue weighted by molar-refractivity contribution is 5.91. The summed E-state index contributed by atoms with van der Waals surface area (Å²) in [6, 6.07) is 0.283. The largest absolute Gasteiger partial charge is 0.478 e. The van der Waals surface area contributed by atoms with E-state index >= 15 is 0 Å². The van der Waals surface area contributed by atoms with E-state index in [1.54, 1.807) is 25.5 Å². The third-order valence-corrected chi connectivity index (χ3v) is 1.95. The highest BCUT2D eigenvalue weighted by atomic mass is 16.4. The van der Waals surface area contributed by atoms with E-state index < -0.39 is 5.97 Å². The fraction of sp³-hybridized carbons (Fsp3) is 0.400. The normalized spacial score (nSPS) is 12.1. The first kappa shape index (κ1) is 10.5. The van der Waals surface area contributed by atoms with Crippen LogP contribution in [0.15, 0.2) is 18.1 Å². The molecule has 0 amide bonds. The summed E-state index contributed by atoms with van der Waals surface area (Å²) in [5, 5.41) is 8.71. The van der Waals surface area contributed by atoms with Gasteiger partial charge in [0.25, 0.3) is 0 Å². The Kier molecular flexibility index (Phi) is 3.06. The van der Waals surface area contributed by atoms with Crippen molar-refractivity contribution in [1.29, 1.82) is 0 Å². The zero-order valence-corrected chi connectivity index (χ0v) is 8.56. The van der Waals surface area contributed by atoms with Crippen LogP contribution in [0.4, 0.5) is 0 Å². The van der Waals surface area contributed by atoms with Gasteiger partial charge in [-0.1, -0.05) is 0 Å². The maximum Gasteiger partial charge on any atom is 0.331 e. The van der Waals surface area contributed by atoms with E-state index in [0.29, 0.717) is 5.57 Å². The van der Waals surface area contributed by atoms with E-state index in [4.69, 9.17) is 5.11 Å². The van der Waals surface area contributed by atoms with E-state index in [-0.39, 0.29) is 6.04 Å². The lowest BCUT2D eigenvalue weighted by Gasteiger charge is -2.08. The minimum Gasteiger partial charge on any atom is -0.478 e. The van der Waals surface area contributed by atoms with Gasteiger partial charge in [-0.2, -0.15) is 0 Å². The van der Waals surface area contributed by atoms with Gasteiger partial charge in [0.2, 0.25) is 0 Å². The molecule has 0 aromatic carbocycles. The predicted octanol–water partition coefficient (Wildman–Crippen LogP) is 1.95. The molecule has 0 spiro atoms. The van der Waals surface area contributed by atoms with Crippen LogP contribution < -0.4 is 0 Å². The van der Waals surface area contributed by atoms with Gasteiger partial charge in [-0.3, -0.25) is 0 Å². The number of carboxylic acids is 1. The van der Waals surface area contributed by atoms with Crippen LogP contribution in [0.1, 0.15) is 32.5 Å². The summed E-state index contributed by atoms with van der Waals surface area (Å²) in [4.78, 5) is 14.6. The maximum atomic E-state index is 10.6. The summed E-state index contributed by atoms with van der Waals surface area (Å²) >= 11 is 0. The second kappa shape index (κ2) is 4.09. The molecule has 1 aromatic rings. The Morgan fingerprint density at radius 1 is 1.64 bits per heavy atom. The van der Waals surface area contributed by atoms with E-state index in [1.165, 1.54) is 0 Å². The molecule has 0 bridgehead atoms. The van der Waals surface area contributed by atoms with Crippen molar-refractivity contribution >= 4 is 12.0 Å². The van der Waals surface area contributed by atoms with Gasteiger partial charge in [-0.05, 0) is 26.8 Å². The minimum absolute atomic E-state index is 0.283. The quantitative estimate of drug-likeness (QED) is 0.748. The number of aliphatic carboxylic acids is 1. The number of hydrogen-bond donors (Lipinski definition) is 1. The molecule has 76 valence electrons. The molecule has 1 heterocycles. The van der Waals surface area contributed by atoms with Gasteiger partial charge in [0, 0.05) is 11.6 Å². The van der Waals surface area contributed by atoms with Gasteiger partial charge in [-0.15, -0.1) is 0 Å². The van der Waals surface area contributed by atoms with Crippen LogP contribution >= 0.6 is 0 Å². The summed E-state index contributed by atoms with van der Waals surface area (Å²) < 4.78 is 1.92. The van der Waals surface area contributed by atoms with Crippen molar-refractivity contribution in [2.24, 2.45) is 0 Å². The monoisotopic (exact) mass is 194 g/mol. The lowest BCUT2D eigenvalue weighted by Crippen LogP contribution is -2.02. The second-order valence-corrected chi connectivity index (χ2v) is 3.45. The molecule has 0 aliphatic carbocycles. The lowest BCUT2D eigenvalue weighted by molar-refractivity contribution is -0.132. The minimum atomic E-state index is -0.901. The Labute approximate surface area is 82.9 Å². The number of aromatic nitrogens is 2. The van der Waals surface area contributed by atoms with E-state index in [9.17, 15) is 4.79 Å². The smallest absolute Gasteiger partial charge is 0.331 e. The molecule has 0 saturated heterocycles. The summed E-state index contributed by atoms with van der Waals surface area (Å²) in [5.74, 6) is -0.901. The predicted molar refractivity (Wildman–Crippen MR) is 53.9 cm³/mol. The number of hydrogen-bond acceptors (Lipinski definition) is 2.